The maximum Gasteiger partial charge on any atom is 0.0681 e. The number of rotatable bonds is 6. The van der Waals surface area contributed by atoms with Gasteiger partial charge in [-0.15, -0.1) is 0 Å². The van der Waals surface area contributed by atoms with Gasteiger partial charge in [-0.1, -0.05) is 109 Å². The second kappa shape index (κ2) is 9.36. The number of hydrogen-bond donors (Lipinski definition) is 2. The number of aliphatic hydroxyl groups is 2. The highest BCUT2D eigenvalue weighted by atomic mass is 16.3. The highest BCUT2D eigenvalue weighted by Gasteiger charge is 2.16. The summed E-state index contributed by atoms with van der Waals surface area (Å²) in [6.45, 7) is 0.0451. The molecule has 0 bridgehead atoms. The molecule has 0 aliphatic rings. The third kappa shape index (κ3) is 4.25. The fraction of sp³-hybridized carbons (Fsp3) is 0.0714. The van der Waals surface area contributed by atoms with Crippen molar-refractivity contribution in [3.63, 3.8) is 0 Å². The van der Waals surface area contributed by atoms with E-state index in [0.717, 1.165) is 44.5 Å². The van der Waals surface area contributed by atoms with Crippen LogP contribution in [0.2, 0.25) is 0 Å². The molecular weight excluding hydrogens is 368 g/mol. The Labute approximate surface area is 177 Å². The molecule has 0 unspecified atom stereocenters. The van der Waals surface area contributed by atoms with Gasteiger partial charge in [0.1, 0.15) is 0 Å². The van der Waals surface area contributed by atoms with Crippen LogP contribution >= 0.6 is 0 Å². The molecule has 2 heteroatoms. The first-order valence-corrected chi connectivity index (χ1v) is 10.1. The number of aliphatic hydroxyl groups excluding tert-OH is 2. The monoisotopic (exact) mass is 392 g/mol. The van der Waals surface area contributed by atoms with Crippen LogP contribution in [0.5, 0.6) is 0 Å². The molecule has 2 nitrogen and oxygen atoms in total. The Morgan fingerprint density at radius 1 is 0.400 bits per heavy atom. The van der Waals surface area contributed by atoms with Crippen molar-refractivity contribution in [3.05, 3.63) is 143 Å². The van der Waals surface area contributed by atoms with Crippen molar-refractivity contribution < 1.29 is 10.2 Å². The lowest BCUT2D eigenvalue weighted by Crippen LogP contribution is -1.98. The molecule has 0 spiro atoms. The summed E-state index contributed by atoms with van der Waals surface area (Å²) in [5.41, 5.74) is 8.45. The molecule has 0 atom stereocenters. The number of hydrogen-bond acceptors (Lipinski definition) is 2. The maximum absolute atomic E-state index is 9.47. The quantitative estimate of drug-likeness (QED) is 0.415. The van der Waals surface area contributed by atoms with E-state index >= 15 is 0 Å². The summed E-state index contributed by atoms with van der Waals surface area (Å²) in [7, 11) is 0. The van der Waals surface area contributed by atoms with Crippen LogP contribution in [0, 0.1) is 0 Å². The summed E-state index contributed by atoms with van der Waals surface area (Å²) in [4.78, 5) is 0. The van der Waals surface area contributed by atoms with Crippen LogP contribution in [0.25, 0.3) is 11.1 Å². The Morgan fingerprint density at radius 3 is 1.00 bits per heavy atom. The summed E-state index contributed by atoms with van der Waals surface area (Å²) in [6, 6.07) is 36.9. The molecule has 4 aromatic carbocycles. The van der Waals surface area contributed by atoms with Gasteiger partial charge in [-0.05, 0) is 44.5 Å². The van der Waals surface area contributed by atoms with Crippen molar-refractivity contribution in [1.82, 2.24) is 0 Å². The summed E-state index contributed by atoms with van der Waals surface area (Å²) < 4.78 is 0. The maximum atomic E-state index is 9.47. The zero-order chi connectivity index (χ0) is 20.8. The third-order valence-corrected chi connectivity index (χ3v) is 5.23. The van der Waals surface area contributed by atoms with Gasteiger partial charge in [-0.25, -0.2) is 0 Å². The molecule has 0 aliphatic heterocycles. The van der Waals surface area contributed by atoms with E-state index in [-0.39, 0.29) is 13.2 Å². The van der Waals surface area contributed by atoms with Crippen LogP contribution in [0.4, 0.5) is 0 Å². The lowest BCUT2D eigenvalue weighted by molar-refractivity contribution is 0.281. The van der Waals surface area contributed by atoms with E-state index < -0.39 is 0 Å². The Bertz CT molecular complexity index is 1020. The topological polar surface area (TPSA) is 40.5 Å². The molecule has 0 radical (unpaired) electrons. The first kappa shape index (κ1) is 19.8. The van der Waals surface area contributed by atoms with Crippen LogP contribution in [0.3, 0.4) is 0 Å². The summed E-state index contributed by atoms with van der Waals surface area (Å²) in [5, 5.41) is 18.9. The average molecular weight is 392 g/mol. The Morgan fingerprint density at radius 2 is 0.700 bits per heavy atom. The Kier molecular flexibility index (Phi) is 6.19. The zero-order valence-electron chi connectivity index (χ0n) is 16.7. The van der Waals surface area contributed by atoms with Gasteiger partial charge in [0.15, 0.2) is 0 Å². The van der Waals surface area contributed by atoms with Gasteiger partial charge < -0.3 is 10.2 Å². The lowest BCUT2D eigenvalue weighted by Gasteiger charge is -2.18. The molecular formula is C28H24O2. The van der Waals surface area contributed by atoms with Gasteiger partial charge >= 0.3 is 0 Å². The molecule has 0 heterocycles. The van der Waals surface area contributed by atoms with E-state index in [0.29, 0.717) is 0 Å². The standard InChI is InChI=1S/C28H24O2/c29-19-21-11-15-25(16-12-21)28(26-17-13-22(20-30)14-18-26)27(23-7-3-1-4-8-23)24-9-5-2-6-10-24/h1-18,29-30H,19-20H2. The second-order valence-electron chi connectivity index (χ2n) is 7.19. The van der Waals surface area contributed by atoms with Gasteiger partial charge in [0, 0.05) is 0 Å². The molecule has 4 rings (SSSR count). The SMILES string of the molecule is OCc1ccc(C(=C(c2ccccc2)c2ccccc2)c2ccc(CO)cc2)cc1. The minimum atomic E-state index is 0.0226. The smallest absolute Gasteiger partial charge is 0.0681 e. The van der Waals surface area contributed by atoms with Gasteiger partial charge in [0.2, 0.25) is 0 Å². The zero-order valence-corrected chi connectivity index (χ0v) is 16.7. The van der Waals surface area contributed by atoms with Crippen molar-refractivity contribution >= 4 is 11.1 Å². The highest BCUT2D eigenvalue weighted by Crippen LogP contribution is 2.37. The largest absolute Gasteiger partial charge is 0.392 e. The minimum absolute atomic E-state index is 0.0226. The Balaban J connectivity index is 2.03. The predicted octanol–water partition coefficient (Wildman–Crippen LogP) is 5.68. The van der Waals surface area contributed by atoms with Gasteiger partial charge in [-0.2, -0.15) is 0 Å². The van der Waals surface area contributed by atoms with Crippen molar-refractivity contribution in [3.8, 4) is 0 Å². The molecule has 30 heavy (non-hydrogen) atoms. The van der Waals surface area contributed by atoms with E-state index in [2.05, 4.69) is 72.8 Å². The van der Waals surface area contributed by atoms with Gasteiger partial charge in [-0.3, -0.25) is 0 Å². The average Bonchev–Trinajstić information content (AvgIpc) is 2.84. The minimum Gasteiger partial charge on any atom is -0.392 e. The molecule has 0 amide bonds. The van der Waals surface area contributed by atoms with Crippen LogP contribution in [-0.2, 0) is 13.2 Å². The predicted molar refractivity (Wildman–Crippen MR) is 123 cm³/mol. The highest BCUT2D eigenvalue weighted by molar-refractivity contribution is 6.04. The molecule has 0 aromatic heterocycles. The van der Waals surface area contributed by atoms with Gasteiger partial charge in [0.25, 0.3) is 0 Å². The van der Waals surface area contributed by atoms with Crippen LogP contribution < -0.4 is 0 Å². The second-order valence-corrected chi connectivity index (χ2v) is 7.19. The van der Waals surface area contributed by atoms with E-state index in [1.165, 1.54) is 0 Å². The van der Waals surface area contributed by atoms with E-state index in [1.54, 1.807) is 0 Å². The molecule has 0 saturated heterocycles. The van der Waals surface area contributed by atoms with E-state index in [1.807, 2.05) is 36.4 Å². The lowest BCUT2D eigenvalue weighted by atomic mass is 9.85. The first-order chi connectivity index (χ1) is 14.8. The fourth-order valence-electron chi connectivity index (χ4n) is 3.67. The Hall–Kier alpha value is -3.46. The van der Waals surface area contributed by atoms with Crippen LogP contribution in [0.15, 0.2) is 109 Å². The fourth-order valence-corrected chi connectivity index (χ4v) is 3.67. The van der Waals surface area contributed by atoms with Crippen LogP contribution in [-0.4, -0.2) is 10.2 Å². The van der Waals surface area contributed by atoms with E-state index in [9.17, 15) is 10.2 Å². The summed E-state index contributed by atoms with van der Waals surface area (Å²) >= 11 is 0. The summed E-state index contributed by atoms with van der Waals surface area (Å²) in [5.74, 6) is 0. The van der Waals surface area contributed by atoms with Crippen molar-refractivity contribution in [2.24, 2.45) is 0 Å². The van der Waals surface area contributed by atoms with Crippen molar-refractivity contribution in [2.75, 3.05) is 0 Å². The van der Waals surface area contributed by atoms with Crippen LogP contribution in [0.1, 0.15) is 33.4 Å². The molecule has 148 valence electrons. The summed E-state index contributed by atoms with van der Waals surface area (Å²) in [6.07, 6.45) is 0. The normalized spacial score (nSPS) is 10.6. The number of benzene rings is 4. The first-order valence-electron chi connectivity index (χ1n) is 10.1. The molecule has 0 saturated carbocycles. The third-order valence-electron chi connectivity index (χ3n) is 5.23. The van der Waals surface area contributed by atoms with Crippen molar-refractivity contribution in [2.45, 2.75) is 13.2 Å². The van der Waals surface area contributed by atoms with E-state index in [4.69, 9.17) is 0 Å². The van der Waals surface area contributed by atoms with Gasteiger partial charge in [0.05, 0.1) is 13.2 Å². The van der Waals surface area contributed by atoms with Crippen molar-refractivity contribution in [1.29, 1.82) is 0 Å². The molecule has 0 aliphatic carbocycles. The molecule has 2 N–H and O–H groups in total. The molecule has 4 aromatic rings. The molecule has 0 fully saturated rings.